The molecule has 0 heterocycles. The summed E-state index contributed by atoms with van der Waals surface area (Å²) >= 11 is 0. The highest BCUT2D eigenvalue weighted by Crippen LogP contribution is 2.16. The lowest BCUT2D eigenvalue weighted by molar-refractivity contribution is -0.167. The Morgan fingerprint density at radius 1 is 0.266 bits per heavy atom. The molecule has 454 valence electrons. The summed E-state index contributed by atoms with van der Waals surface area (Å²) in [4.78, 5) is 38.3. The number of carbonyl (C=O) groups excluding carboxylic acids is 3. The first-order valence-corrected chi connectivity index (χ1v) is 33.7. The van der Waals surface area contributed by atoms with Gasteiger partial charge in [0.25, 0.3) is 0 Å². The van der Waals surface area contributed by atoms with Crippen molar-refractivity contribution in [3.05, 3.63) is 97.2 Å². The van der Waals surface area contributed by atoms with E-state index in [-0.39, 0.29) is 31.1 Å². The van der Waals surface area contributed by atoms with Crippen LogP contribution in [0.1, 0.15) is 329 Å². The predicted molar refractivity (Wildman–Crippen MR) is 344 cm³/mol. The Bertz CT molecular complexity index is 1540. The molecule has 1 atom stereocenters. The molecule has 6 nitrogen and oxygen atoms in total. The van der Waals surface area contributed by atoms with Gasteiger partial charge in [0, 0.05) is 19.3 Å². The van der Waals surface area contributed by atoms with Gasteiger partial charge in [0.1, 0.15) is 13.2 Å². The highest BCUT2D eigenvalue weighted by Gasteiger charge is 2.19. The third kappa shape index (κ3) is 65.0. The van der Waals surface area contributed by atoms with Crippen LogP contribution in [0.2, 0.25) is 0 Å². The van der Waals surface area contributed by atoms with Gasteiger partial charge in [0.15, 0.2) is 6.10 Å². The second-order valence-electron chi connectivity index (χ2n) is 22.3. The molecule has 0 saturated carbocycles. The van der Waals surface area contributed by atoms with Crippen LogP contribution in [0.3, 0.4) is 0 Å². The van der Waals surface area contributed by atoms with Gasteiger partial charge in [0.05, 0.1) is 0 Å². The van der Waals surface area contributed by atoms with E-state index in [4.69, 9.17) is 14.2 Å². The van der Waals surface area contributed by atoms with Gasteiger partial charge in [-0.3, -0.25) is 14.4 Å². The maximum Gasteiger partial charge on any atom is 0.306 e. The van der Waals surface area contributed by atoms with E-state index in [2.05, 4.69) is 118 Å². The molecular formula is C73H126O6. The lowest BCUT2D eigenvalue weighted by Crippen LogP contribution is -2.30. The van der Waals surface area contributed by atoms with Crippen LogP contribution in [0.25, 0.3) is 0 Å². The zero-order valence-electron chi connectivity index (χ0n) is 52.1. The summed E-state index contributed by atoms with van der Waals surface area (Å²) in [6.45, 7) is 6.53. The van der Waals surface area contributed by atoms with Gasteiger partial charge >= 0.3 is 17.9 Å². The Kier molecular flexibility index (Phi) is 63.7. The van der Waals surface area contributed by atoms with Crippen LogP contribution >= 0.6 is 0 Å². The van der Waals surface area contributed by atoms with E-state index in [1.54, 1.807) is 0 Å². The highest BCUT2D eigenvalue weighted by molar-refractivity contribution is 5.71. The first-order chi connectivity index (χ1) is 39.0. The van der Waals surface area contributed by atoms with Gasteiger partial charge in [-0.1, -0.05) is 285 Å². The summed E-state index contributed by atoms with van der Waals surface area (Å²) in [5.74, 6) is -0.888. The van der Waals surface area contributed by atoms with Crippen molar-refractivity contribution in [2.75, 3.05) is 13.2 Å². The Morgan fingerprint density at radius 3 is 0.785 bits per heavy atom. The standard InChI is InChI=1S/C73H126O6/c1-4-7-10-13-16-19-22-25-28-30-31-32-33-34-35-36-37-38-39-40-41-42-43-44-46-48-51-54-57-60-63-66-72(75)78-69-70(68-77-71(74)65-62-59-56-53-50-47-27-24-21-18-15-12-9-6-3)79-73(76)67-64-61-58-55-52-49-45-29-26-23-20-17-14-11-8-5-2/h7,10,16,19,24-25,27-29,31-32,34-35,37-38,45,70H,4-6,8-9,11-15,17-18,20-23,26,30,33,36,39-44,46-69H2,1-3H3/b10-7-,19-16-,27-24-,28-25-,32-31-,35-34-,38-37-,45-29-. The second-order valence-corrected chi connectivity index (χ2v) is 22.3. The lowest BCUT2D eigenvalue weighted by Gasteiger charge is -2.18. The quantitative estimate of drug-likeness (QED) is 0.0261. The van der Waals surface area contributed by atoms with Crippen LogP contribution in [-0.2, 0) is 28.6 Å². The van der Waals surface area contributed by atoms with E-state index in [1.807, 2.05) is 0 Å². The molecule has 0 N–H and O–H groups in total. The molecule has 0 aromatic heterocycles. The summed E-state index contributed by atoms with van der Waals surface area (Å²) in [6.07, 6.45) is 89.9. The predicted octanol–water partition coefficient (Wildman–Crippen LogP) is 23.2. The Morgan fingerprint density at radius 2 is 0.494 bits per heavy atom. The molecule has 0 rings (SSSR count). The third-order valence-electron chi connectivity index (χ3n) is 14.5. The molecule has 0 aliphatic carbocycles. The van der Waals surface area contributed by atoms with Crippen LogP contribution in [0, 0.1) is 0 Å². The molecule has 6 heteroatoms. The third-order valence-corrected chi connectivity index (χ3v) is 14.5. The van der Waals surface area contributed by atoms with E-state index in [0.29, 0.717) is 19.3 Å². The number of rotatable bonds is 61. The minimum absolute atomic E-state index is 0.0822. The van der Waals surface area contributed by atoms with Crippen molar-refractivity contribution < 1.29 is 28.6 Å². The molecule has 0 aromatic carbocycles. The first-order valence-electron chi connectivity index (χ1n) is 33.7. The summed E-state index contributed by atoms with van der Waals surface area (Å²) in [5, 5.41) is 0. The van der Waals surface area contributed by atoms with Crippen LogP contribution in [0.5, 0.6) is 0 Å². The van der Waals surface area contributed by atoms with Crippen molar-refractivity contribution in [2.24, 2.45) is 0 Å². The first kappa shape index (κ1) is 75.3. The van der Waals surface area contributed by atoms with Crippen LogP contribution < -0.4 is 0 Å². The van der Waals surface area contributed by atoms with Crippen molar-refractivity contribution in [2.45, 2.75) is 335 Å². The average molecular weight is 1100 g/mol. The van der Waals surface area contributed by atoms with Gasteiger partial charge in [-0.2, -0.15) is 0 Å². The maximum absolute atomic E-state index is 12.9. The fourth-order valence-corrected chi connectivity index (χ4v) is 9.50. The van der Waals surface area contributed by atoms with E-state index >= 15 is 0 Å². The molecule has 0 fully saturated rings. The molecule has 0 aliphatic rings. The number of unbranched alkanes of at least 4 members (excludes halogenated alkanes) is 34. The second kappa shape index (κ2) is 66.8. The number of ether oxygens (including phenoxy) is 3. The number of hydrogen-bond donors (Lipinski definition) is 0. The summed E-state index contributed by atoms with van der Waals surface area (Å²) in [5.41, 5.74) is 0. The summed E-state index contributed by atoms with van der Waals surface area (Å²) in [6, 6.07) is 0. The Balaban J connectivity index is 4.25. The highest BCUT2D eigenvalue weighted by atomic mass is 16.6. The summed E-state index contributed by atoms with van der Waals surface area (Å²) < 4.78 is 16.9. The fraction of sp³-hybridized carbons (Fsp3) is 0.740. The molecule has 0 aromatic rings. The topological polar surface area (TPSA) is 78.9 Å². The number of carbonyl (C=O) groups is 3. The molecule has 1 unspecified atom stereocenters. The van der Waals surface area contributed by atoms with Crippen LogP contribution in [0.4, 0.5) is 0 Å². The van der Waals surface area contributed by atoms with E-state index in [0.717, 1.165) is 116 Å². The number of esters is 3. The van der Waals surface area contributed by atoms with E-state index in [1.165, 1.54) is 173 Å². The molecule has 0 bridgehead atoms. The molecule has 0 amide bonds. The molecule has 0 aliphatic heterocycles. The zero-order chi connectivity index (χ0) is 57.1. The molecular weight excluding hydrogens is 973 g/mol. The maximum atomic E-state index is 12.9. The minimum atomic E-state index is -0.786. The smallest absolute Gasteiger partial charge is 0.306 e. The van der Waals surface area contributed by atoms with Crippen molar-refractivity contribution in [1.29, 1.82) is 0 Å². The van der Waals surface area contributed by atoms with Crippen molar-refractivity contribution in [3.8, 4) is 0 Å². The zero-order valence-corrected chi connectivity index (χ0v) is 52.1. The van der Waals surface area contributed by atoms with E-state index < -0.39 is 6.10 Å². The van der Waals surface area contributed by atoms with Gasteiger partial charge in [-0.25, -0.2) is 0 Å². The normalized spacial score (nSPS) is 12.7. The van der Waals surface area contributed by atoms with Crippen molar-refractivity contribution >= 4 is 17.9 Å². The molecule has 0 spiro atoms. The minimum Gasteiger partial charge on any atom is -0.462 e. The molecule has 0 saturated heterocycles. The molecule has 79 heavy (non-hydrogen) atoms. The van der Waals surface area contributed by atoms with Gasteiger partial charge in [-0.15, -0.1) is 0 Å². The van der Waals surface area contributed by atoms with Gasteiger partial charge in [-0.05, 0) is 122 Å². The average Bonchev–Trinajstić information content (AvgIpc) is 3.45. The fourth-order valence-electron chi connectivity index (χ4n) is 9.50. The monoisotopic (exact) mass is 1100 g/mol. The number of allylic oxidation sites excluding steroid dienone is 16. The Labute approximate surface area is 489 Å². The van der Waals surface area contributed by atoms with Crippen molar-refractivity contribution in [3.63, 3.8) is 0 Å². The van der Waals surface area contributed by atoms with Crippen LogP contribution in [0.15, 0.2) is 97.2 Å². The van der Waals surface area contributed by atoms with Gasteiger partial charge in [0.2, 0.25) is 0 Å². The lowest BCUT2D eigenvalue weighted by atomic mass is 10.0. The SMILES string of the molecule is CC/C=C\C/C=C\C/C=C\C/C=C\C/C=C\C/C=C\CCCCCCCCCCCCCCC(=O)OCC(COC(=O)CCCCCCC/C=C\CCCCCCC)OC(=O)CCCCCCC/C=C\CCCCCCCCC. The largest absolute Gasteiger partial charge is 0.462 e. The number of hydrogen-bond acceptors (Lipinski definition) is 6. The summed E-state index contributed by atoms with van der Waals surface area (Å²) in [7, 11) is 0. The van der Waals surface area contributed by atoms with E-state index in [9.17, 15) is 14.4 Å². The van der Waals surface area contributed by atoms with Gasteiger partial charge < -0.3 is 14.2 Å². The van der Waals surface area contributed by atoms with Crippen molar-refractivity contribution in [1.82, 2.24) is 0 Å². The van der Waals surface area contributed by atoms with Crippen LogP contribution in [-0.4, -0.2) is 37.2 Å². The molecule has 0 radical (unpaired) electrons. The Hall–Kier alpha value is -3.67.